The largest absolute Gasteiger partial charge is 0.340 e. The summed E-state index contributed by atoms with van der Waals surface area (Å²) in [4.78, 5) is 25.9. The first-order valence-corrected chi connectivity index (χ1v) is 10.9. The van der Waals surface area contributed by atoms with Crippen molar-refractivity contribution in [3.63, 3.8) is 0 Å². The van der Waals surface area contributed by atoms with E-state index in [1.54, 1.807) is 33.6 Å². The van der Waals surface area contributed by atoms with E-state index in [1.165, 1.54) is 23.9 Å². The van der Waals surface area contributed by atoms with Gasteiger partial charge in [0, 0.05) is 29.7 Å². The summed E-state index contributed by atoms with van der Waals surface area (Å²) < 4.78 is 16.4. The Labute approximate surface area is 186 Å². The fraction of sp³-hybridized carbons (Fsp3) is 0.136. The summed E-state index contributed by atoms with van der Waals surface area (Å²) in [6.07, 6.45) is 1.57. The Hall–Kier alpha value is -3.79. The predicted octanol–water partition coefficient (Wildman–Crippen LogP) is 3.82. The molecular formula is C22H18FN7OS. The third-order valence-corrected chi connectivity index (χ3v) is 5.65. The molecule has 0 aliphatic rings. The Bertz CT molecular complexity index is 1480. The molecule has 0 saturated heterocycles. The maximum Gasteiger partial charge on any atom is 0.261 e. The molecule has 8 nitrogen and oxygen atoms in total. The predicted molar refractivity (Wildman–Crippen MR) is 122 cm³/mol. The minimum absolute atomic E-state index is 0.0674. The Morgan fingerprint density at radius 1 is 1.09 bits per heavy atom. The lowest BCUT2D eigenvalue weighted by Crippen LogP contribution is -2.21. The monoisotopic (exact) mass is 447 g/mol. The second kappa shape index (κ2) is 8.39. The zero-order valence-corrected chi connectivity index (χ0v) is 17.9. The van der Waals surface area contributed by atoms with Crippen molar-refractivity contribution >= 4 is 39.9 Å². The van der Waals surface area contributed by atoms with Crippen LogP contribution >= 0.6 is 11.8 Å². The number of para-hydroxylation sites is 1. The normalized spacial score (nSPS) is 11.3. The van der Waals surface area contributed by atoms with Crippen LogP contribution in [0.3, 0.4) is 0 Å². The van der Waals surface area contributed by atoms with Gasteiger partial charge in [-0.05, 0) is 43.3 Å². The fourth-order valence-corrected chi connectivity index (χ4v) is 4.06. The molecule has 0 aliphatic carbocycles. The number of anilines is 2. The molecular weight excluding hydrogens is 429 g/mol. The van der Waals surface area contributed by atoms with Gasteiger partial charge in [-0.25, -0.2) is 14.4 Å². The molecule has 0 amide bonds. The highest BCUT2D eigenvalue weighted by Crippen LogP contribution is 2.21. The van der Waals surface area contributed by atoms with E-state index in [1.807, 2.05) is 31.2 Å². The maximum absolute atomic E-state index is 13.2. The summed E-state index contributed by atoms with van der Waals surface area (Å²) in [5, 5.41) is 8.91. The molecule has 3 heterocycles. The SMILES string of the molecule is Cc1cc(Nc2ccc(F)cc2)n2nc(SCCn3cnc4ccccc4c3=O)nc2n1. The average Bonchev–Trinajstić information content (AvgIpc) is 3.20. The molecule has 32 heavy (non-hydrogen) atoms. The molecule has 0 bridgehead atoms. The lowest BCUT2D eigenvalue weighted by molar-refractivity contribution is 0.628. The second-order valence-corrected chi connectivity index (χ2v) is 8.19. The number of aromatic nitrogens is 6. The number of hydrogen-bond acceptors (Lipinski definition) is 7. The van der Waals surface area contributed by atoms with Gasteiger partial charge >= 0.3 is 0 Å². The molecule has 0 aliphatic heterocycles. The van der Waals surface area contributed by atoms with Crippen molar-refractivity contribution in [2.45, 2.75) is 18.6 Å². The van der Waals surface area contributed by atoms with Gasteiger partial charge in [0.15, 0.2) is 0 Å². The van der Waals surface area contributed by atoms with Gasteiger partial charge in [-0.1, -0.05) is 23.9 Å². The molecule has 160 valence electrons. The molecule has 5 aromatic rings. The number of nitrogens with zero attached hydrogens (tertiary/aromatic N) is 6. The van der Waals surface area contributed by atoms with Crippen molar-refractivity contribution in [1.82, 2.24) is 29.1 Å². The molecule has 0 fully saturated rings. The van der Waals surface area contributed by atoms with Gasteiger partial charge in [0.05, 0.1) is 17.2 Å². The first-order chi connectivity index (χ1) is 15.6. The van der Waals surface area contributed by atoms with Gasteiger partial charge in [-0.3, -0.25) is 9.36 Å². The van der Waals surface area contributed by atoms with Gasteiger partial charge in [0.2, 0.25) is 5.16 Å². The summed E-state index contributed by atoms with van der Waals surface area (Å²) in [5.41, 5.74) is 2.12. The average molecular weight is 447 g/mol. The van der Waals surface area contributed by atoms with Crippen LogP contribution < -0.4 is 10.9 Å². The van der Waals surface area contributed by atoms with Crippen molar-refractivity contribution < 1.29 is 4.39 Å². The van der Waals surface area contributed by atoms with E-state index in [9.17, 15) is 9.18 Å². The quantitative estimate of drug-likeness (QED) is 0.396. The molecule has 10 heteroatoms. The van der Waals surface area contributed by atoms with Gasteiger partial charge in [0.1, 0.15) is 11.6 Å². The van der Waals surface area contributed by atoms with Crippen molar-refractivity contribution in [2.24, 2.45) is 0 Å². The minimum atomic E-state index is -0.299. The number of halogens is 1. The third-order valence-electron chi connectivity index (χ3n) is 4.83. The topological polar surface area (TPSA) is 90.0 Å². The molecule has 0 radical (unpaired) electrons. The molecule has 2 aromatic carbocycles. The van der Waals surface area contributed by atoms with Gasteiger partial charge in [0.25, 0.3) is 11.3 Å². The highest BCUT2D eigenvalue weighted by molar-refractivity contribution is 7.99. The summed E-state index contributed by atoms with van der Waals surface area (Å²) in [6, 6.07) is 15.2. The summed E-state index contributed by atoms with van der Waals surface area (Å²) in [6.45, 7) is 2.35. The van der Waals surface area contributed by atoms with Crippen LogP contribution in [0.25, 0.3) is 16.7 Å². The van der Waals surface area contributed by atoms with E-state index in [0.717, 1.165) is 11.4 Å². The van der Waals surface area contributed by atoms with Crippen LogP contribution in [0.2, 0.25) is 0 Å². The van der Waals surface area contributed by atoms with E-state index in [4.69, 9.17) is 0 Å². The third kappa shape index (κ3) is 4.04. The summed E-state index contributed by atoms with van der Waals surface area (Å²) in [7, 11) is 0. The van der Waals surface area contributed by atoms with E-state index >= 15 is 0 Å². The van der Waals surface area contributed by atoms with Crippen molar-refractivity contribution in [3.05, 3.63) is 82.8 Å². The molecule has 3 aromatic heterocycles. The van der Waals surface area contributed by atoms with Crippen LogP contribution in [0.5, 0.6) is 0 Å². The van der Waals surface area contributed by atoms with E-state index < -0.39 is 0 Å². The van der Waals surface area contributed by atoms with Crippen molar-refractivity contribution in [2.75, 3.05) is 11.1 Å². The first-order valence-electron chi connectivity index (χ1n) is 9.91. The highest BCUT2D eigenvalue weighted by Gasteiger charge is 2.11. The van der Waals surface area contributed by atoms with Crippen LogP contribution in [-0.4, -0.2) is 34.9 Å². The summed E-state index contributed by atoms with van der Waals surface area (Å²) in [5.74, 6) is 1.43. The molecule has 1 N–H and O–H groups in total. The van der Waals surface area contributed by atoms with Crippen molar-refractivity contribution in [1.29, 1.82) is 0 Å². The molecule has 5 rings (SSSR count). The zero-order chi connectivity index (χ0) is 22.1. The lowest BCUT2D eigenvalue weighted by atomic mass is 10.2. The second-order valence-electron chi connectivity index (χ2n) is 7.13. The molecule has 0 atom stereocenters. The number of rotatable bonds is 6. The van der Waals surface area contributed by atoms with Crippen molar-refractivity contribution in [3.8, 4) is 0 Å². The molecule has 0 spiro atoms. The van der Waals surface area contributed by atoms with E-state index in [-0.39, 0.29) is 11.4 Å². The number of hydrogen-bond donors (Lipinski definition) is 1. The minimum Gasteiger partial charge on any atom is -0.340 e. The smallest absolute Gasteiger partial charge is 0.261 e. The van der Waals surface area contributed by atoms with Crippen LogP contribution in [0.4, 0.5) is 15.9 Å². The number of aryl methyl sites for hydroxylation is 2. The van der Waals surface area contributed by atoms with E-state index in [2.05, 4.69) is 25.4 Å². The summed E-state index contributed by atoms with van der Waals surface area (Å²) >= 11 is 1.43. The van der Waals surface area contributed by atoms with Gasteiger partial charge in [-0.2, -0.15) is 9.50 Å². The standard InChI is InChI=1S/C22H18FN7OS/c1-14-12-19(26-16-8-6-15(23)7-9-16)30-21(25-14)27-22(28-30)32-11-10-29-13-24-18-5-3-2-4-17(18)20(29)31/h2-9,12-13,26H,10-11H2,1H3. The lowest BCUT2D eigenvalue weighted by Gasteiger charge is -2.08. The maximum atomic E-state index is 13.2. The number of nitrogens with one attached hydrogen (secondary N) is 1. The van der Waals surface area contributed by atoms with Crippen LogP contribution in [0, 0.1) is 12.7 Å². The Morgan fingerprint density at radius 3 is 2.75 bits per heavy atom. The number of thioether (sulfide) groups is 1. The zero-order valence-electron chi connectivity index (χ0n) is 17.1. The van der Waals surface area contributed by atoms with E-state index in [0.29, 0.717) is 40.0 Å². The number of fused-ring (bicyclic) bond motifs is 2. The van der Waals surface area contributed by atoms with Crippen LogP contribution in [0.1, 0.15) is 5.69 Å². The highest BCUT2D eigenvalue weighted by atomic mass is 32.2. The first kappa shape index (κ1) is 20.1. The Kier molecular flexibility index (Phi) is 5.28. The van der Waals surface area contributed by atoms with Crippen LogP contribution in [0.15, 0.2) is 70.9 Å². The Balaban J connectivity index is 1.34. The van der Waals surface area contributed by atoms with Gasteiger partial charge in [-0.15, -0.1) is 5.10 Å². The van der Waals surface area contributed by atoms with Gasteiger partial charge < -0.3 is 5.32 Å². The van der Waals surface area contributed by atoms with Crippen LogP contribution in [-0.2, 0) is 6.54 Å². The number of benzene rings is 2. The molecule has 0 unspecified atom stereocenters. The Morgan fingerprint density at radius 2 is 1.91 bits per heavy atom. The fourth-order valence-electron chi connectivity index (χ4n) is 3.30. The molecule has 0 saturated carbocycles.